The highest BCUT2D eigenvalue weighted by Crippen LogP contribution is 2.46. The van der Waals surface area contributed by atoms with Crippen molar-refractivity contribution >= 4 is 17.6 Å². The molecule has 1 aliphatic rings. The second-order valence-corrected chi connectivity index (χ2v) is 6.08. The molecule has 2 rings (SSSR count). The molecule has 0 saturated heterocycles. The lowest BCUT2D eigenvalue weighted by Gasteiger charge is -2.29. The molecule has 1 aliphatic heterocycles. The quantitative estimate of drug-likeness (QED) is 0.799. The normalized spacial score (nSPS) is 17.2. The average molecular weight is 363 g/mol. The number of aryl methyl sites for hydroxylation is 1. The summed E-state index contributed by atoms with van der Waals surface area (Å²) in [6.07, 6.45) is 0. The Morgan fingerprint density at radius 3 is 2.68 bits per heavy atom. The van der Waals surface area contributed by atoms with Crippen LogP contribution in [0.4, 0.5) is 0 Å². The van der Waals surface area contributed by atoms with Gasteiger partial charge >= 0.3 is 5.97 Å². The standard InChI is InChI=1S/C18H19ClN2O4/c1-5-24-18(23)14-10(4)25-17(21)11(7-20)15(14)13-9(3)12(19)6-8(2)16(13)22/h6,15,22H,5,21H2,1-4H3. The van der Waals surface area contributed by atoms with Gasteiger partial charge in [-0.2, -0.15) is 5.26 Å². The van der Waals surface area contributed by atoms with Gasteiger partial charge < -0.3 is 20.3 Å². The van der Waals surface area contributed by atoms with Crippen LogP contribution in [0.1, 0.15) is 36.5 Å². The van der Waals surface area contributed by atoms with Crippen molar-refractivity contribution in [3.05, 3.63) is 50.6 Å². The minimum Gasteiger partial charge on any atom is -0.507 e. The van der Waals surface area contributed by atoms with Crippen molar-refractivity contribution in [1.82, 2.24) is 0 Å². The Balaban J connectivity index is 2.83. The van der Waals surface area contributed by atoms with E-state index in [9.17, 15) is 15.2 Å². The molecular weight excluding hydrogens is 344 g/mol. The van der Waals surface area contributed by atoms with E-state index in [-0.39, 0.29) is 35.1 Å². The van der Waals surface area contributed by atoms with Crippen LogP contribution in [0, 0.1) is 25.2 Å². The molecule has 1 atom stereocenters. The van der Waals surface area contributed by atoms with Crippen molar-refractivity contribution in [3.8, 4) is 11.8 Å². The van der Waals surface area contributed by atoms with Gasteiger partial charge in [0.2, 0.25) is 5.88 Å². The second kappa shape index (κ2) is 7.08. The van der Waals surface area contributed by atoms with Crippen LogP contribution < -0.4 is 5.73 Å². The van der Waals surface area contributed by atoms with Gasteiger partial charge in [-0.25, -0.2) is 4.79 Å². The lowest BCUT2D eigenvalue weighted by Crippen LogP contribution is -2.26. The summed E-state index contributed by atoms with van der Waals surface area (Å²) in [5, 5.41) is 20.6. The number of halogens is 1. The Labute approximate surface area is 151 Å². The van der Waals surface area contributed by atoms with Crippen LogP contribution in [-0.2, 0) is 14.3 Å². The van der Waals surface area contributed by atoms with Gasteiger partial charge in [0, 0.05) is 10.6 Å². The average Bonchev–Trinajstić information content (AvgIpc) is 2.53. The molecule has 0 spiro atoms. The number of rotatable bonds is 3. The molecule has 0 bridgehead atoms. The number of hydrogen-bond acceptors (Lipinski definition) is 6. The first-order valence-electron chi connectivity index (χ1n) is 7.68. The molecular formula is C18H19ClN2O4. The maximum Gasteiger partial charge on any atom is 0.338 e. The number of phenolic OH excluding ortho intramolecular Hbond substituents is 1. The number of aromatic hydroxyl groups is 1. The fraction of sp³-hybridized carbons (Fsp3) is 0.333. The molecule has 1 heterocycles. The van der Waals surface area contributed by atoms with Crippen LogP contribution in [0.3, 0.4) is 0 Å². The molecule has 7 heteroatoms. The summed E-state index contributed by atoms with van der Waals surface area (Å²) in [7, 11) is 0. The fourth-order valence-electron chi connectivity index (χ4n) is 2.88. The molecule has 132 valence electrons. The van der Waals surface area contributed by atoms with Crippen molar-refractivity contribution in [3.63, 3.8) is 0 Å². The number of nitrogens with two attached hydrogens (primary N) is 1. The predicted octanol–water partition coefficient (Wildman–Crippen LogP) is 3.31. The molecule has 1 aromatic carbocycles. The highest BCUT2D eigenvalue weighted by atomic mass is 35.5. The first-order chi connectivity index (χ1) is 11.7. The molecule has 0 radical (unpaired) electrons. The van der Waals surface area contributed by atoms with E-state index in [0.717, 1.165) is 0 Å². The van der Waals surface area contributed by atoms with Crippen molar-refractivity contribution in [2.45, 2.75) is 33.6 Å². The zero-order valence-corrected chi connectivity index (χ0v) is 15.2. The number of phenols is 1. The lowest BCUT2D eigenvalue weighted by atomic mass is 9.80. The number of hydrogen-bond donors (Lipinski definition) is 2. The number of nitrogens with zero attached hydrogens (tertiary/aromatic N) is 1. The number of ether oxygens (including phenoxy) is 2. The lowest BCUT2D eigenvalue weighted by molar-refractivity contribution is -0.139. The number of benzene rings is 1. The minimum absolute atomic E-state index is 0.0220. The zero-order valence-electron chi connectivity index (χ0n) is 14.4. The van der Waals surface area contributed by atoms with Gasteiger partial charge in [-0.15, -0.1) is 0 Å². The van der Waals surface area contributed by atoms with Crippen LogP contribution in [0.5, 0.6) is 5.75 Å². The van der Waals surface area contributed by atoms with Gasteiger partial charge in [0.25, 0.3) is 0 Å². The topological polar surface area (TPSA) is 106 Å². The van der Waals surface area contributed by atoms with Crippen LogP contribution in [0.2, 0.25) is 5.02 Å². The van der Waals surface area contributed by atoms with Gasteiger partial charge in [-0.1, -0.05) is 11.6 Å². The number of nitriles is 1. The Hall–Kier alpha value is -2.65. The molecule has 6 nitrogen and oxygen atoms in total. The Morgan fingerprint density at radius 1 is 1.48 bits per heavy atom. The summed E-state index contributed by atoms with van der Waals surface area (Å²) in [5.74, 6) is -1.51. The van der Waals surface area contributed by atoms with Gasteiger partial charge in [0.1, 0.15) is 23.2 Å². The van der Waals surface area contributed by atoms with E-state index in [4.69, 9.17) is 26.8 Å². The third-order valence-corrected chi connectivity index (χ3v) is 4.52. The van der Waals surface area contributed by atoms with Crippen molar-refractivity contribution < 1.29 is 19.4 Å². The van der Waals surface area contributed by atoms with E-state index < -0.39 is 11.9 Å². The number of carbonyl (C=O) groups excluding carboxylic acids is 1. The maximum atomic E-state index is 12.5. The molecule has 1 aromatic rings. The summed E-state index contributed by atoms with van der Waals surface area (Å²) in [6.45, 7) is 6.78. The van der Waals surface area contributed by atoms with Gasteiger partial charge in [0.05, 0.1) is 18.1 Å². The summed E-state index contributed by atoms with van der Waals surface area (Å²) < 4.78 is 10.5. The van der Waals surface area contributed by atoms with E-state index in [2.05, 4.69) is 0 Å². The van der Waals surface area contributed by atoms with Gasteiger partial charge in [-0.05, 0) is 44.9 Å². The molecule has 0 amide bonds. The van der Waals surface area contributed by atoms with Gasteiger partial charge in [-0.3, -0.25) is 0 Å². The second-order valence-electron chi connectivity index (χ2n) is 5.68. The third kappa shape index (κ3) is 3.15. The first kappa shape index (κ1) is 18.7. The van der Waals surface area contributed by atoms with E-state index in [1.165, 1.54) is 0 Å². The molecule has 0 aromatic heterocycles. The Kier molecular flexibility index (Phi) is 5.29. The van der Waals surface area contributed by atoms with Crippen molar-refractivity contribution in [1.29, 1.82) is 5.26 Å². The number of allylic oxidation sites excluding steroid dienone is 2. The smallest absolute Gasteiger partial charge is 0.338 e. The van der Waals surface area contributed by atoms with E-state index in [1.54, 1.807) is 33.8 Å². The first-order valence-corrected chi connectivity index (χ1v) is 8.06. The van der Waals surface area contributed by atoms with Crippen molar-refractivity contribution in [2.24, 2.45) is 5.73 Å². The largest absolute Gasteiger partial charge is 0.507 e. The highest BCUT2D eigenvalue weighted by Gasteiger charge is 2.39. The van der Waals surface area contributed by atoms with Crippen LogP contribution in [-0.4, -0.2) is 17.7 Å². The Morgan fingerprint density at radius 2 is 2.12 bits per heavy atom. The summed E-state index contributed by atoms with van der Waals surface area (Å²) in [4.78, 5) is 12.5. The maximum absolute atomic E-state index is 12.5. The van der Waals surface area contributed by atoms with E-state index >= 15 is 0 Å². The molecule has 3 N–H and O–H groups in total. The monoisotopic (exact) mass is 362 g/mol. The number of esters is 1. The van der Waals surface area contributed by atoms with Crippen molar-refractivity contribution in [2.75, 3.05) is 6.61 Å². The molecule has 0 aliphatic carbocycles. The SMILES string of the molecule is CCOC(=O)C1=C(C)OC(N)=C(C#N)C1c1c(C)c(Cl)cc(C)c1O. The third-order valence-electron chi connectivity index (χ3n) is 4.12. The van der Waals surface area contributed by atoms with Crippen LogP contribution in [0.15, 0.2) is 28.9 Å². The van der Waals surface area contributed by atoms with E-state index in [0.29, 0.717) is 21.7 Å². The van der Waals surface area contributed by atoms with Crippen LogP contribution in [0.25, 0.3) is 0 Å². The predicted molar refractivity (Wildman–Crippen MR) is 92.6 cm³/mol. The van der Waals surface area contributed by atoms with E-state index in [1.807, 2.05) is 6.07 Å². The number of carbonyl (C=O) groups is 1. The van der Waals surface area contributed by atoms with Gasteiger partial charge in [0.15, 0.2) is 0 Å². The molecule has 25 heavy (non-hydrogen) atoms. The zero-order chi connectivity index (χ0) is 18.9. The summed E-state index contributed by atoms with van der Waals surface area (Å²) >= 11 is 6.26. The molecule has 0 saturated carbocycles. The molecule has 0 fully saturated rings. The summed E-state index contributed by atoms with van der Waals surface area (Å²) in [5.41, 5.74) is 7.41. The minimum atomic E-state index is -0.921. The fourth-order valence-corrected chi connectivity index (χ4v) is 3.15. The molecule has 1 unspecified atom stereocenters. The Bertz CT molecular complexity index is 823. The van der Waals surface area contributed by atoms with Crippen LogP contribution >= 0.6 is 11.6 Å². The highest BCUT2D eigenvalue weighted by molar-refractivity contribution is 6.31. The summed E-state index contributed by atoms with van der Waals surface area (Å²) in [6, 6.07) is 3.60.